The van der Waals surface area contributed by atoms with E-state index in [1.165, 1.54) is 19.9 Å². The average Bonchev–Trinajstić information content (AvgIpc) is 0.830. The topological polar surface area (TPSA) is 262 Å². The molecule has 0 unspecified atom stereocenters. The maximum atomic E-state index is 11.9. The minimum absolute atomic E-state index is 0. The van der Waals surface area contributed by atoms with Crippen LogP contribution in [0.25, 0.3) is 0 Å². The van der Waals surface area contributed by atoms with Gasteiger partial charge in [-0.25, -0.2) is 33.8 Å². The highest BCUT2D eigenvalue weighted by atomic mass is 79.9. The highest BCUT2D eigenvalue weighted by molar-refractivity contribution is 9.12. The fourth-order valence-corrected chi connectivity index (χ4v) is 12.4. The fourth-order valence-electron chi connectivity index (χ4n) is 6.71. The van der Waals surface area contributed by atoms with Crippen LogP contribution in [0.3, 0.4) is 0 Å². The van der Waals surface area contributed by atoms with Gasteiger partial charge in [0.05, 0.1) is 68.6 Å². The van der Waals surface area contributed by atoms with E-state index in [0.29, 0.717) is 46.5 Å². The third-order valence-electron chi connectivity index (χ3n) is 11.4. The third-order valence-corrected chi connectivity index (χ3v) is 16.1. The number of alkyl carbamates (subject to hydrolysis) is 2. The molecule has 0 aliphatic rings. The number of nitrogens with zero attached hydrogens (tertiary/aromatic N) is 1. The zero-order valence-corrected chi connectivity index (χ0v) is 61.3. The first-order chi connectivity index (χ1) is 40.9. The van der Waals surface area contributed by atoms with E-state index >= 15 is 0 Å². The molecule has 0 heterocycles. The van der Waals surface area contributed by atoms with Crippen LogP contribution < -0.4 is 29.6 Å². The van der Waals surface area contributed by atoms with Crippen molar-refractivity contribution < 1.29 is 81.6 Å². The molecule has 4 aromatic carbocycles. The Morgan fingerprint density at radius 2 is 0.685 bits per heavy atom. The summed E-state index contributed by atoms with van der Waals surface area (Å²) in [5, 5.41) is 22.9. The number of carbonyl (C=O) groups is 5. The molecule has 0 radical (unpaired) electrons. The quantitative estimate of drug-likeness (QED) is 0.00944. The van der Waals surface area contributed by atoms with Crippen molar-refractivity contribution >= 4 is 164 Å². The molecule has 0 atom stereocenters. The van der Waals surface area contributed by atoms with Crippen LogP contribution >= 0.6 is 127 Å². The van der Waals surface area contributed by atoms with E-state index in [0.717, 1.165) is 40.1 Å². The predicted octanol–water partition coefficient (Wildman–Crippen LogP) is 15.0. The van der Waals surface area contributed by atoms with Gasteiger partial charge in [0.25, 0.3) is 0 Å². The number of hydrogen-bond donors (Lipinski definition) is 4. The molecule has 0 bridgehead atoms. The first kappa shape index (κ1) is 84.4. The lowest BCUT2D eigenvalue weighted by molar-refractivity contribution is -0.139. The lowest BCUT2D eigenvalue weighted by Crippen LogP contribution is -2.29. The lowest BCUT2D eigenvalue weighted by Gasteiger charge is -2.28. The highest BCUT2D eigenvalue weighted by Crippen LogP contribution is 2.46. The van der Waals surface area contributed by atoms with Gasteiger partial charge in [0.2, 0.25) is 6.08 Å². The summed E-state index contributed by atoms with van der Waals surface area (Å²) in [5.41, 5.74) is 4.23. The molecule has 0 fully saturated rings. The Morgan fingerprint density at radius 1 is 0.438 bits per heavy atom. The highest BCUT2D eigenvalue weighted by Gasteiger charge is 2.29. The van der Waals surface area contributed by atoms with Gasteiger partial charge < -0.3 is 63.5 Å². The van der Waals surface area contributed by atoms with Gasteiger partial charge in [-0.05, 0) is 219 Å². The maximum Gasteiger partial charge on any atom is 0.407 e. The van der Waals surface area contributed by atoms with Crippen molar-refractivity contribution in [2.75, 3.05) is 92.3 Å². The van der Waals surface area contributed by atoms with E-state index in [9.17, 15) is 28.8 Å². The molecule has 492 valence electrons. The lowest BCUT2D eigenvalue weighted by atomic mass is 9.78. The average molecular weight is 1760 g/mol. The number of aliphatic hydroxyl groups is 2. The molecule has 0 spiro atoms. The second-order valence-electron chi connectivity index (χ2n) is 19.0. The minimum Gasteiger partial charge on any atom is -0.489 e. The summed E-state index contributed by atoms with van der Waals surface area (Å²) in [7, 11) is 0. The fraction of sp³-hybridized carbons (Fsp3) is 0.410. The number of aliphatic imine (C=N–C) groups is 1. The first-order valence-electron chi connectivity index (χ1n) is 26.0. The zero-order chi connectivity index (χ0) is 65.6. The molecule has 4 rings (SSSR count). The first-order valence-corrected chi connectivity index (χ1v) is 32.3. The Hall–Kier alpha value is -4.61. The number of nitrogens with one attached hydrogen (secondary N) is 2. The number of esters is 3. The molecular formula is C61H75Br8N3O17. The van der Waals surface area contributed by atoms with E-state index in [-0.39, 0.29) is 124 Å². The van der Waals surface area contributed by atoms with E-state index in [2.05, 4.69) is 195 Å². The van der Waals surface area contributed by atoms with Gasteiger partial charge in [0.1, 0.15) is 82.5 Å². The Labute approximate surface area is 588 Å². The molecule has 0 aliphatic carbocycles. The molecule has 89 heavy (non-hydrogen) atoms. The Balaban J connectivity index is 0.00000161. The van der Waals surface area contributed by atoms with Crippen molar-refractivity contribution in [2.24, 2.45) is 4.99 Å². The van der Waals surface area contributed by atoms with E-state index in [1.807, 2.05) is 48.5 Å². The monoisotopic (exact) mass is 1750 g/mol. The van der Waals surface area contributed by atoms with E-state index in [4.69, 9.17) is 48.1 Å². The smallest absolute Gasteiger partial charge is 0.407 e. The van der Waals surface area contributed by atoms with Crippen LogP contribution in [0, 0.1) is 0 Å². The molecule has 0 saturated heterocycles. The Morgan fingerprint density at radius 3 is 0.921 bits per heavy atom. The molecule has 4 aromatic rings. The number of hydrogen-bond acceptors (Lipinski definition) is 18. The number of aliphatic hydroxyl groups excluding tert-OH is 2. The van der Waals surface area contributed by atoms with Crippen LogP contribution in [0.2, 0.25) is 0 Å². The minimum atomic E-state index is -0.660. The second kappa shape index (κ2) is 43.3. The molecular weight excluding hydrogens is 1690 g/mol. The summed E-state index contributed by atoms with van der Waals surface area (Å²) in [6, 6.07) is 15.9. The molecule has 0 aromatic heterocycles. The van der Waals surface area contributed by atoms with Crippen LogP contribution in [0.1, 0.15) is 85.6 Å². The summed E-state index contributed by atoms with van der Waals surface area (Å²) >= 11 is 28.6. The summed E-state index contributed by atoms with van der Waals surface area (Å²) < 4.78 is 53.6. The van der Waals surface area contributed by atoms with Crippen molar-refractivity contribution in [2.45, 2.75) is 74.1 Å². The maximum absolute atomic E-state index is 11.9. The van der Waals surface area contributed by atoms with Gasteiger partial charge in [0.15, 0.2) is 0 Å². The normalized spacial score (nSPS) is 10.4. The number of carbonyl (C=O) groups excluding carboxylic acids is 6. The van der Waals surface area contributed by atoms with E-state index in [1.54, 1.807) is 6.92 Å². The van der Waals surface area contributed by atoms with Crippen molar-refractivity contribution in [3.8, 4) is 23.0 Å². The zero-order valence-electron chi connectivity index (χ0n) is 48.6. The number of benzene rings is 4. The predicted molar refractivity (Wildman–Crippen MR) is 370 cm³/mol. The van der Waals surface area contributed by atoms with Crippen LogP contribution in [0.15, 0.2) is 126 Å². The Kier molecular flexibility index (Phi) is 41.0. The van der Waals surface area contributed by atoms with Gasteiger partial charge in [-0.15, -0.1) is 0 Å². The number of isocyanates is 1. The largest absolute Gasteiger partial charge is 0.489 e. The molecule has 28 heteroatoms. The SMILES string of the molecule is C.C.C=C(C)C(=O)OCCN=C=O.C=C(C)C(=O)OCCNC(=O)OCCOc1c(Br)cc(C(C)(C)c2cc(Br)c(OCCOC(=O)NCCOC(=O)C(=C)C)c(Br)c2)cc1Br.CC(C)(c1cc(Br)c(OCCO)c(Br)c1)c1cc(Br)c(OCCO)c(Br)c1. The van der Waals surface area contributed by atoms with Crippen LogP contribution in [0.4, 0.5) is 9.59 Å². The van der Waals surface area contributed by atoms with Crippen LogP contribution in [-0.2, 0) is 53.7 Å². The molecule has 2 amide bonds. The van der Waals surface area contributed by atoms with Crippen LogP contribution in [0.5, 0.6) is 23.0 Å². The molecule has 20 nitrogen and oxygen atoms in total. The van der Waals surface area contributed by atoms with Gasteiger partial charge in [0, 0.05) is 27.5 Å². The third kappa shape index (κ3) is 29.3. The van der Waals surface area contributed by atoms with Crippen LogP contribution in [-0.4, -0.2) is 139 Å². The second-order valence-corrected chi connectivity index (χ2v) is 25.8. The summed E-state index contributed by atoms with van der Waals surface area (Å²) in [4.78, 5) is 69.8. The Bertz CT molecular complexity index is 2850. The van der Waals surface area contributed by atoms with Crippen molar-refractivity contribution in [3.63, 3.8) is 0 Å². The number of ether oxygens (including phenoxy) is 9. The molecule has 4 N–H and O–H groups in total. The summed E-state index contributed by atoms with van der Waals surface area (Å²) in [6.45, 7) is 24.4. The molecule has 0 saturated carbocycles. The number of amides is 2. The number of halogens is 8. The van der Waals surface area contributed by atoms with Gasteiger partial charge in [-0.3, -0.25) is 0 Å². The summed E-state index contributed by atoms with van der Waals surface area (Å²) in [5.74, 6) is 0.900. The van der Waals surface area contributed by atoms with Gasteiger partial charge in [-0.2, -0.15) is 0 Å². The van der Waals surface area contributed by atoms with Gasteiger partial charge in [-0.1, -0.05) is 62.3 Å². The van der Waals surface area contributed by atoms with Crippen molar-refractivity contribution in [1.82, 2.24) is 10.6 Å². The summed E-state index contributed by atoms with van der Waals surface area (Å²) in [6.07, 6.45) is 0.0118. The van der Waals surface area contributed by atoms with Crippen molar-refractivity contribution in [3.05, 3.63) is 143 Å². The number of rotatable bonds is 30. The van der Waals surface area contributed by atoms with E-state index < -0.39 is 35.5 Å². The van der Waals surface area contributed by atoms with Crippen molar-refractivity contribution in [1.29, 1.82) is 0 Å². The molecule has 0 aliphatic heterocycles. The van der Waals surface area contributed by atoms with Gasteiger partial charge >= 0.3 is 30.1 Å². The standard InChI is InChI=1S/C33H38Br4N2O10.C19H20Br4O4.C7H9NO3.2CH4/c1-19(2)29(40)46-9-7-38-31(42)48-13-11-44-27-23(34)15-21(16-24(27)35)33(5,6)22-17-25(36)28(26(37)18-22)45-12-14-49-32(43)39-8-10-47-30(41)20(3)4;1-19(2,11-7-13(20)17(14(21)8-11)26-5-3-24)12-9-15(22)18(16(23)10-12)27-6-4-25;1-6(2)7(10)11-4-3-8-5-9;;/h15-18H,1,3,7-14H2,2,4-6H3,(H,38,42)(H,39,43);7-10,24-25H,3-6H2,1-2H3;1,3-4H2,2H3;2*1H4.